The van der Waals surface area contributed by atoms with E-state index in [1.54, 1.807) is 11.3 Å². The van der Waals surface area contributed by atoms with E-state index in [1.165, 1.54) is 10.4 Å². The summed E-state index contributed by atoms with van der Waals surface area (Å²) in [5, 5.41) is 4.73. The van der Waals surface area contributed by atoms with Gasteiger partial charge in [0, 0.05) is 21.6 Å². The Balaban J connectivity index is 2.05. The molecule has 1 aromatic carbocycles. The predicted molar refractivity (Wildman–Crippen MR) is 81.0 cm³/mol. The third-order valence-electron chi connectivity index (χ3n) is 2.86. The van der Waals surface area contributed by atoms with Gasteiger partial charge in [0.15, 0.2) is 0 Å². The van der Waals surface area contributed by atoms with Crippen LogP contribution in [0.25, 0.3) is 0 Å². The maximum Gasteiger partial charge on any atom is 0.109 e. The van der Waals surface area contributed by atoms with Gasteiger partial charge in [0.2, 0.25) is 0 Å². The molecule has 2 aromatic rings. The average Bonchev–Trinajstić information content (AvgIpc) is 2.76. The van der Waals surface area contributed by atoms with Gasteiger partial charge in [-0.25, -0.2) is 4.98 Å². The van der Waals surface area contributed by atoms with Crippen molar-refractivity contribution in [3.63, 3.8) is 0 Å². The fraction of sp³-hybridized carbons (Fsp3) is 0.357. The van der Waals surface area contributed by atoms with Crippen LogP contribution in [0.2, 0.25) is 0 Å². The zero-order valence-electron chi connectivity index (χ0n) is 10.8. The molecule has 0 aliphatic heterocycles. The van der Waals surface area contributed by atoms with E-state index >= 15 is 0 Å². The quantitative estimate of drug-likeness (QED) is 0.887. The van der Waals surface area contributed by atoms with Crippen molar-refractivity contribution in [3.05, 3.63) is 50.4 Å². The summed E-state index contributed by atoms with van der Waals surface area (Å²) in [7, 11) is 0. The number of nitrogens with one attached hydrogen (secondary N) is 1. The van der Waals surface area contributed by atoms with Gasteiger partial charge in [-0.05, 0) is 38.5 Å². The summed E-state index contributed by atoms with van der Waals surface area (Å²) in [4.78, 5) is 5.68. The van der Waals surface area contributed by atoms with E-state index in [0.717, 1.165) is 9.48 Å². The molecule has 1 heterocycles. The molecule has 0 radical (unpaired) electrons. The fourth-order valence-corrected chi connectivity index (χ4v) is 3.09. The van der Waals surface area contributed by atoms with Gasteiger partial charge < -0.3 is 5.32 Å². The number of hydrogen-bond acceptors (Lipinski definition) is 3. The van der Waals surface area contributed by atoms with E-state index < -0.39 is 0 Å². The molecule has 0 bridgehead atoms. The van der Waals surface area contributed by atoms with Gasteiger partial charge in [0.25, 0.3) is 0 Å². The lowest BCUT2D eigenvalue weighted by Gasteiger charge is -2.19. The summed E-state index contributed by atoms with van der Waals surface area (Å²) in [5.41, 5.74) is 1.28. The highest BCUT2D eigenvalue weighted by Gasteiger charge is 2.13. The number of thiazole rings is 1. The number of halogens is 1. The molecule has 0 fully saturated rings. The molecule has 1 aromatic heterocycles. The Morgan fingerprint density at radius 2 is 2.06 bits per heavy atom. The lowest BCUT2D eigenvalue weighted by atomic mass is 10.1. The Kier molecular flexibility index (Phi) is 4.54. The van der Waals surface area contributed by atoms with E-state index in [4.69, 9.17) is 0 Å². The molecule has 2 rings (SSSR count). The van der Waals surface area contributed by atoms with Crippen LogP contribution in [0.15, 0.2) is 34.9 Å². The van der Waals surface area contributed by atoms with Crippen molar-refractivity contribution < 1.29 is 0 Å². The van der Waals surface area contributed by atoms with Crippen molar-refractivity contribution in [2.24, 2.45) is 0 Å². The van der Waals surface area contributed by atoms with E-state index in [9.17, 15) is 0 Å². The number of benzene rings is 1. The summed E-state index contributed by atoms with van der Waals surface area (Å²) in [6.07, 6.45) is 1.93. The number of nitrogens with zero attached hydrogens (tertiary/aromatic N) is 1. The molecule has 2 atom stereocenters. The average molecular weight is 325 g/mol. The first-order chi connectivity index (χ1) is 8.56. The van der Waals surface area contributed by atoms with Crippen molar-refractivity contribution in [1.29, 1.82) is 0 Å². The van der Waals surface area contributed by atoms with Crippen molar-refractivity contribution in [3.8, 4) is 0 Å². The maximum atomic E-state index is 4.43. The number of hydrogen-bond donors (Lipinski definition) is 1. The monoisotopic (exact) mass is 324 g/mol. The molecule has 96 valence electrons. The molecule has 2 unspecified atom stereocenters. The van der Waals surface area contributed by atoms with Gasteiger partial charge >= 0.3 is 0 Å². The molecule has 18 heavy (non-hydrogen) atoms. The van der Waals surface area contributed by atoms with Crippen LogP contribution >= 0.6 is 27.3 Å². The van der Waals surface area contributed by atoms with Crippen LogP contribution in [0.5, 0.6) is 0 Å². The number of rotatable bonds is 4. The van der Waals surface area contributed by atoms with Crippen molar-refractivity contribution in [2.75, 3.05) is 0 Å². The van der Waals surface area contributed by atoms with Crippen molar-refractivity contribution >= 4 is 27.3 Å². The summed E-state index contributed by atoms with van der Waals surface area (Å²) in [6.45, 7) is 6.43. The molecule has 0 amide bonds. The molecule has 4 heteroatoms. The summed E-state index contributed by atoms with van der Waals surface area (Å²) in [6, 6.07) is 8.98. The Labute approximate surface area is 121 Å². The molecule has 0 saturated carbocycles. The van der Waals surface area contributed by atoms with E-state index in [-0.39, 0.29) is 6.04 Å². The van der Waals surface area contributed by atoms with Gasteiger partial charge in [0.05, 0.1) is 6.04 Å². The molecule has 0 aliphatic carbocycles. The molecular formula is C14H17BrN2S. The highest BCUT2D eigenvalue weighted by molar-refractivity contribution is 9.10. The lowest BCUT2D eigenvalue weighted by Crippen LogP contribution is -2.22. The number of aromatic nitrogens is 1. The van der Waals surface area contributed by atoms with E-state index in [2.05, 4.69) is 65.2 Å². The maximum absolute atomic E-state index is 4.43. The second-order valence-corrected chi connectivity index (χ2v) is 6.66. The second kappa shape index (κ2) is 5.95. The van der Waals surface area contributed by atoms with Crippen LogP contribution in [-0.2, 0) is 0 Å². The summed E-state index contributed by atoms with van der Waals surface area (Å²) in [5.74, 6) is 0. The van der Waals surface area contributed by atoms with Gasteiger partial charge in [-0.2, -0.15) is 0 Å². The van der Waals surface area contributed by atoms with Crippen LogP contribution in [0.3, 0.4) is 0 Å². The van der Waals surface area contributed by atoms with Gasteiger partial charge in [-0.15, -0.1) is 11.3 Å². The summed E-state index contributed by atoms with van der Waals surface area (Å²) >= 11 is 5.26. The molecule has 1 N–H and O–H groups in total. The minimum Gasteiger partial charge on any atom is -0.302 e. The van der Waals surface area contributed by atoms with Crippen molar-refractivity contribution in [1.82, 2.24) is 10.3 Å². The largest absolute Gasteiger partial charge is 0.302 e. The standard InChI is InChI=1S/C14H17BrN2S/c1-9-8-16-14(18-9)11(3)17-10(2)12-5-4-6-13(15)7-12/h4-8,10-11,17H,1-3H3. The van der Waals surface area contributed by atoms with Crippen molar-refractivity contribution in [2.45, 2.75) is 32.9 Å². The van der Waals surface area contributed by atoms with Gasteiger partial charge in [-0.3, -0.25) is 0 Å². The highest BCUT2D eigenvalue weighted by atomic mass is 79.9. The van der Waals surface area contributed by atoms with Crippen LogP contribution in [0.4, 0.5) is 0 Å². The second-order valence-electron chi connectivity index (χ2n) is 4.47. The topological polar surface area (TPSA) is 24.9 Å². The Morgan fingerprint density at radius 3 is 2.67 bits per heavy atom. The zero-order valence-corrected chi connectivity index (χ0v) is 13.2. The predicted octanol–water partition coefficient (Wildman–Crippen LogP) is 4.63. The van der Waals surface area contributed by atoms with Gasteiger partial charge in [-0.1, -0.05) is 28.1 Å². The third-order valence-corrected chi connectivity index (χ3v) is 4.45. The Bertz CT molecular complexity index is 524. The Morgan fingerprint density at radius 1 is 1.28 bits per heavy atom. The smallest absolute Gasteiger partial charge is 0.109 e. The SMILES string of the molecule is Cc1cnc(C(C)NC(C)c2cccc(Br)c2)s1. The molecule has 0 saturated heterocycles. The minimum absolute atomic E-state index is 0.276. The van der Waals surface area contributed by atoms with Crippen LogP contribution in [-0.4, -0.2) is 4.98 Å². The lowest BCUT2D eigenvalue weighted by molar-refractivity contribution is 0.493. The Hall–Kier alpha value is -0.710. The van der Waals surface area contributed by atoms with Crippen LogP contribution in [0, 0.1) is 6.92 Å². The van der Waals surface area contributed by atoms with Gasteiger partial charge in [0.1, 0.15) is 5.01 Å². The first-order valence-electron chi connectivity index (χ1n) is 6.00. The van der Waals surface area contributed by atoms with Crippen LogP contribution < -0.4 is 5.32 Å². The van der Waals surface area contributed by atoms with Crippen LogP contribution in [0.1, 0.15) is 41.4 Å². The number of aryl methyl sites for hydroxylation is 1. The third kappa shape index (κ3) is 3.40. The normalized spacial score (nSPS) is 14.4. The molecule has 0 spiro atoms. The molecular weight excluding hydrogens is 308 g/mol. The summed E-state index contributed by atoms with van der Waals surface area (Å²) < 4.78 is 1.12. The van der Waals surface area contributed by atoms with E-state index in [0.29, 0.717) is 6.04 Å². The minimum atomic E-state index is 0.276. The zero-order chi connectivity index (χ0) is 13.1. The molecule has 2 nitrogen and oxygen atoms in total. The fourth-order valence-electron chi connectivity index (χ4n) is 1.89. The van der Waals surface area contributed by atoms with E-state index in [1.807, 2.05) is 12.3 Å². The highest BCUT2D eigenvalue weighted by Crippen LogP contribution is 2.24. The molecule has 0 aliphatic rings. The first-order valence-corrected chi connectivity index (χ1v) is 7.61. The first kappa shape index (κ1) is 13.7.